The minimum Gasteiger partial charge on any atom is -0.453 e. The zero-order chi connectivity index (χ0) is 15.5. The normalized spacial score (nSPS) is 13.5. The molecule has 1 aliphatic rings. The molecule has 2 aromatic rings. The van der Waals surface area contributed by atoms with E-state index in [1.165, 1.54) is 7.11 Å². The van der Waals surface area contributed by atoms with Crippen molar-refractivity contribution in [2.75, 3.05) is 12.4 Å². The number of methoxy groups -OCH3 is 1. The molecule has 0 atom stereocenters. The molecule has 0 unspecified atom stereocenters. The molecule has 1 N–H and O–H groups in total. The van der Waals surface area contributed by atoms with Crippen LogP contribution in [0.1, 0.15) is 23.2 Å². The molecule has 0 radical (unpaired) electrons. The van der Waals surface area contributed by atoms with Crippen molar-refractivity contribution in [2.45, 2.75) is 12.8 Å². The highest BCUT2D eigenvalue weighted by Gasteiger charge is 2.30. The summed E-state index contributed by atoms with van der Waals surface area (Å²) in [5.41, 5.74) is 2.25. The maximum absolute atomic E-state index is 12.1. The lowest BCUT2D eigenvalue weighted by atomic mass is 10.0. The summed E-state index contributed by atoms with van der Waals surface area (Å²) >= 11 is 0. The first-order valence-corrected chi connectivity index (χ1v) is 6.98. The van der Waals surface area contributed by atoms with Crippen LogP contribution in [0.5, 0.6) is 0 Å². The van der Waals surface area contributed by atoms with Crippen LogP contribution in [0.2, 0.25) is 0 Å². The largest absolute Gasteiger partial charge is 0.453 e. The number of Topliss-reactive ketones (excluding diaryl/α,β-unsaturated/α-hetero) is 1. The van der Waals surface area contributed by atoms with E-state index in [9.17, 15) is 9.59 Å². The topological polar surface area (TPSA) is 81.2 Å². The Morgan fingerprint density at radius 1 is 1.23 bits per heavy atom. The van der Waals surface area contributed by atoms with Crippen LogP contribution >= 0.6 is 0 Å². The van der Waals surface area contributed by atoms with Crippen molar-refractivity contribution in [3.05, 3.63) is 42.4 Å². The number of nitrogens with one attached hydrogen (secondary N) is 1. The van der Waals surface area contributed by atoms with Gasteiger partial charge in [0.2, 0.25) is 0 Å². The fourth-order valence-corrected chi connectivity index (χ4v) is 2.15. The summed E-state index contributed by atoms with van der Waals surface area (Å²) in [5.74, 6) is 0.686. The number of amides is 1. The Balaban J connectivity index is 1.87. The fraction of sp³-hybridized carbons (Fsp3) is 0.250. The molecule has 0 aliphatic heterocycles. The molecule has 112 valence electrons. The molecule has 1 saturated carbocycles. The predicted molar refractivity (Wildman–Crippen MR) is 80.6 cm³/mol. The minimum atomic E-state index is -0.583. The van der Waals surface area contributed by atoms with Crippen molar-refractivity contribution in [3.8, 4) is 11.1 Å². The van der Waals surface area contributed by atoms with Crippen LogP contribution in [0.3, 0.4) is 0 Å². The number of aromatic nitrogens is 2. The Morgan fingerprint density at radius 3 is 2.77 bits per heavy atom. The Kier molecular flexibility index (Phi) is 3.82. The third-order valence-electron chi connectivity index (χ3n) is 3.48. The van der Waals surface area contributed by atoms with Crippen LogP contribution < -0.4 is 5.32 Å². The van der Waals surface area contributed by atoms with Gasteiger partial charge in [-0.15, -0.1) is 0 Å². The van der Waals surface area contributed by atoms with Gasteiger partial charge in [0.15, 0.2) is 5.78 Å². The van der Waals surface area contributed by atoms with Crippen LogP contribution in [0.4, 0.5) is 10.6 Å². The number of pyridine rings is 2. The van der Waals surface area contributed by atoms with E-state index in [2.05, 4.69) is 20.0 Å². The van der Waals surface area contributed by atoms with Gasteiger partial charge in [-0.05, 0) is 36.6 Å². The lowest BCUT2D eigenvalue weighted by Gasteiger charge is -2.07. The minimum absolute atomic E-state index is 0.149. The van der Waals surface area contributed by atoms with E-state index < -0.39 is 6.09 Å². The lowest BCUT2D eigenvalue weighted by Crippen LogP contribution is -2.11. The predicted octanol–water partition coefficient (Wildman–Crippen LogP) is 2.91. The monoisotopic (exact) mass is 297 g/mol. The smallest absolute Gasteiger partial charge is 0.412 e. The molecule has 0 spiro atoms. The molecule has 0 saturated heterocycles. The maximum Gasteiger partial charge on any atom is 0.412 e. The molecule has 0 aromatic carbocycles. The third kappa shape index (κ3) is 3.11. The average Bonchev–Trinajstić information content (AvgIpc) is 3.39. The zero-order valence-corrected chi connectivity index (χ0v) is 12.1. The van der Waals surface area contributed by atoms with E-state index in [1.807, 2.05) is 6.07 Å². The van der Waals surface area contributed by atoms with Crippen LogP contribution in [-0.2, 0) is 4.74 Å². The van der Waals surface area contributed by atoms with Gasteiger partial charge in [-0.25, -0.2) is 9.78 Å². The van der Waals surface area contributed by atoms with Crippen LogP contribution in [0.25, 0.3) is 11.1 Å². The van der Waals surface area contributed by atoms with Gasteiger partial charge in [0.05, 0.1) is 7.11 Å². The van der Waals surface area contributed by atoms with Crippen molar-refractivity contribution in [1.29, 1.82) is 0 Å². The number of ether oxygens (including phenoxy) is 1. The van der Waals surface area contributed by atoms with Crippen LogP contribution in [0, 0.1) is 5.92 Å². The molecule has 1 aliphatic carbocycles. The Labute approximate surface area is 127 Å². The molecule has 2 aromatic heterocycles. The number of hydrogen-bond donors (Lipinski definition) is 1. The van der Waals surface area contributed by atoms with Gasteiger partial charge in [0, 0.05) is 35.6 Å². The number of carbonyl (C=O) groups excluding carboxylic acids is 2. The van der Waals surface area contributed by atoms with E-state index in [0.717, 1.165) is 24.0 Å². The quantitative estimate of drug-likeness (QED) is 0.877. The summed E-state index contributed by atoms with van der Waals surface area (Å²) in [5, 5.41) is 2.51. The van der Waals surface area contributed by atoms with E-state index in [-0.39, 0.29) is 11.7 Å². The summed E-state index contributed by atoms with van der Waals surface area (Å²) in [6, 6.07) is 5.33. The van der Waals surface area contributed by atoms with E-state index >= 15 is 0 Å². The second-order valence-corrected chi connectivity index (χ2v) is 5.15. The summed E-state index contributed by atoms with van der Waals surface area (Å²) in [6.07, 6.45) is 6.20. The molecule has 1 amide bonds. The van der Waals surface area contributed by atoms with E-state index in [0.29, 0.717) is 11.4 Å². The highest BCUT2D eigenvalue weighted by molar-refractivity contribution is 6.00. The zero-order valence-electron chi connectivity index (χ0n) is 12.1. The van der Waals surface area contributed by atoms with Gasteiger partial charge in [0.1, 0.15) is 5.82 Å². The van der Waals surface area contributed by atoms with Crippen molar-refractivity contribution >= 4 is 17.7 Å². The first-order valence-electron chi connectivity index (χ1n) is 6.98. The van der Waals surface area contributed by atoms with E-state index in [1.54, 1.807) is 30.7 Å². The molecular weight excluding hydrogens is 282 g/mol. The highest BCUT2D eigenvalue weighted by atomic mass is 16.5. The summed E-state index contributed by atoms with van der Waals surface area (Å²) in [4.78, 5) is 31.5. The number of ketones is 1. The standard InChI is InChI=1S/C16H15N3O3/c1-22-16(21)19-14-7-11(4-5-18-14)12-6-13(9-17-8-12)15(20)10-2-3-10/h4-10H,2-3H2,1H3,(H,18,19,21). The van der Waals surface area contributed by atoms with Gasteiger partial charge in [-0.3, -0.25) is 15.1 Å². The van der Waals surface area contributed by atoms with Gasteiger partial charge < -0.3 is 4.74 Å². The molecule has 1 fully saturated rings. The molecule has 22 heavy (non-hydrogen) atoms. The number of nitrogens with zero attached hydrogens (tertiary/aromatic N) is 2. The van der Waals surface area contributed by atoms with Crippen molar-refractivity contribution in [1.82, 2.24) is 9.97 Å². The molecule has 2 heterocycles. The van der Waals surface area contributed by atoms with Gasteiger partial charge in [0.25, 0.3) is 0 Å². The number of anilines is 1. The highest BCUT2D eigenvalue weighted by Crippen LogP contribution is 2.33. The Bertz CT molecular complexity index is 726. The van der Waals surface area contributed by atoms with Gasteiger partial charge in [-0.2, -0.15) is 0 Å². The first-order chi connectivity index (χ1) is 10.7. The van der Waals surface area contributed by atoms with Crippen molar-refractivity contribution < 1.29 is 14.3 Å². The second-order valence-electron chi connectivity index (χ2n) is 5.15. The molecule has 3 rings (SSSR count). The van der Waals surface area contributed by atoms with Crippen molar-refractivity contribution in [2.24, 2.45) is 5.92 Å². The van der Waals surface area contributed by atoms with Crippen LogP contribution in [-0.4, -0.2) is 29.0 Å². The summed E-state index contributed by atoms with van der Waals surface area (Å²) < 4.78 is 4.54. The van der Waals surface area contributed by atoms with Crippen LogP contribution in [0.15, 0.2) is 36.8 Å². The average molecular weight is 297 g/mol. The lowest BCUT2D eigenvalue weighted by molar-refractivity contribution is 0.0967. The summed E-state index contributed by atoms with van der Waals surface area (Å²) in [7, 11) is 1.29. The number of hydrogen-bond acceptors (Lipinski definition) is 5. The SMILES string of the molecule is COC(=O)Nc1cc(-c2cncc(C(=O)C3CC3)c2)ccn1. The van der Waals surface area contributed by atoms with E-state index in [4.69, 9.17) is 0 Å². The number of rotatable bonds is 4. The molecule has 6 heteroatoms. The molecule has 6 nitrogen and oxygen atoms in total. The summed E-state index contributed by atoms with van der Waals surface area (Å²) in [6.45, 7) is 0. The van der Waals surface area contributed by atoms with Crippen molar-refractivity contribution in [3.63, 3.8) is 0 Å². The fourth-order valence-electron chi connectivity index (χ4n) is 2.15. The first kappa shape index (κ1) is 14.2. The second kappa shape index (κ2) is 5.93. The molecular formula is C16H15N3O3. The Hall–Kier alpha value is -2.76. The van der Waals surface area contributed by atoms with Gasteiger partial charge >= 0.3 is 6.09 Å². The maximum atomic E-state index is 12.1. The number of carbonyl (C=O) groups is 2. The Morgan fingerprint density at radius 2 is 2.05 bits per heavy atom. The van der Waals surface area contributed by atoms with Gasteiger partial charge in [-0.1, -0.05) is 0 Å². The molecule has 0 bridgehead atoms. The third-order valence-corrected chi connectivity index (χ3v) is 3.48.